The maximum Gasteiger partial charge on any atom is 0.599 e. The smallest absolute Gasteiger partial charge is 0.466 e. The van der Waals surface area contributed by atoms with E-state index in [0.29, 0.717) is 0 Å². The van der Waals surface area contributed by atoms with Crippen molar-refractivity contribution in [3.63, 3.8) is 0 Å². The number of carboxylic acid groups (broad SMARTS) is 1. The van der Waals surface area contributed by atoms with Crippen LogP contribution in [0.4, 0.5) is 4.79 Å². The lowest BCUT2D eigenvalue weighted by Crippen LogP contribution is -2.42. The van der Waals surface area contributed by atoms with Crippen LogP contribution < -0.4 is 0 Å². The van der Waals surface area contributed by atoms with Gasteiger partial charge in [-0.1, -0.05) is 0 Å². The fourth-order valence-electron chi connectivity index (χ4n) is 1.06. The Balaban J connectivity index is 2.78. The Morgan fingerprint density at radius 3 is 1.86 bits per heavy atom. The van der Waals surface area contributed by atoms with Crippen LogP contribution in [0.3, 0.4) is 0 Å². The lowest BCUT2D eigenvalue weighted by Gasteiger charge is -2.32. The predicted octanol–water partition coefficient (Wildman–Crippen LogP) is 1.19. The van der Waals surface area contributed by atoms with Crippen molar-refractivity contribution in [3.05, 3.63) is 0 Å². The van der Waals surface area contributed by atoms with E-state index < -0.39 is 24.5 Å². The Labute approximate surface area is 84.1 Å². The average molecular weight is 201 g/mol. The van der Waals surface area contributed by atoms with Crippen LogP contribution in [0.1, 0.15) is 27.7 Å². The summed E-state index contributed by atoms with van der Waals surface area (Å²) < 4.78 is 11.0. The van der Waals surface area contributed by atoms with Crippen molar-refractivity contribution in [2.75, 3.05) is 7.05 Å². The highest BCUT2D eigenvalue weighted by molar-refractivity contribution is 6.45. The molecule has 1 heterocycles. The molecule has 0 aliphatic carbocycles. The molecule has 80 valence electrons. The molecule has 0 atom stereocenters. The Morgan fingerprint density at radius 2 is 1.57 bits per heavy atom. The summed E-state index contributed by atoms with van der Waals surface area (Å²) in [6, 6.07) is 0. The second-order valence-electron chi connectivity index (χ2n) is 4.46. The van der Waals surface area contributed by atoms with E-state index >= 15 is 0 Å². The molecule has 6 heteroatoms. The maximum absolute atomic E-state index is 10.7. The summed E-state index contributed by atoms with van der Waals surface area (Å²) in [5.74, 6) is 0. The van der Waals surface area contributed by atoms with E-state index in [4.69, 9.17) is 14.4 Å². The molecule has 0 unspecified atom stereocenters. The lowest BCUT2D eigenvalue weighted by molar-refractivity contribution is 0.00578. The molecule has 14 heavy (non-hydrogen) atoms. The van der Waals surface area contributed by atoms with Gasteiger partial charge in [-0.15, -0.1) is 0 Å². The van der Waals surface area contributed by atoms with E-state index in [-0.39, 0.29) is 0 Å². The van der Waals surface area contributed by atoms with Gasteiger partial charge in [0, 0.05) is 7.05 Å². The summed E-state index contributed by atoms with van der Waals surface area (Å²) in [5, 5.41) is 8.75. The number of carbonyl (C=O) groups is 1. The largest absolute Gasteiger partial charge is 0.599 e. The van der Waals surface area contributed by atoms with E-state index in [9.17, 15) is 4.79 Å². The lowest BCUT2D eigenvalue weighted by atomic mass is 9.90. The van der Waals surface area contributed by atoms with Gasteiger partial charge in [0.2, 0.25) is 0 Å². The van der Waals surface area contributed by atoms with Crippen LogP contribution in [0, 0.1) is 0 Å². The number of hydrogen-bond acceptors (Lipinski definition) is 3. The normalized spacial score (nSPS) is 23.6. The van der Waals surface area contributed by atoms with E-state index in [0.717, 1.165) is 4.81 Å². The van der Waals surface area contributed by atoms with Crippen LogP contribution in [-0.4, -0.2) is 41.5 Å². The van der Waals surface area contributed by atoms with Crippen molar-refractivity contribution in [3.8, 4) is 0 Å². The quantitative estimate of drug-likeness (QED) is 0.647. The van der Waals surface area contributed by atoms with Gasteiger partial charge in [0.15, 0.2) is 0 Å². The molecule has 0 aromatic heterocycles. The molecule has 1 N–H and O–H groups in total. The summed E-state index contributed by atoms with van der Waals surface area (Å²) in [4.78, 5) is 11.7. The molecule has 0 aromatic rings. The van der Waals surface area contributed by atoms with Gasteiger partial charge in [0.05, 0.1) is 11.2 Å². The topological polar surface area (TPSA) is 59.0 Å². The van der Waals surface area contributed by atoms with Gasteiger partial charge in [0.1, 0.15) is 0 Å². The van der Waals surface area contributed by atoms with E-state index in [1.807, 2.05) is 27.7 Å². The fraction of sp³-hybridized carbons (Fsp3) is 0.875. The molecule has 1 aliphatic heterocycles. The first-order valence-electron chi connectivity index (χ1n) is 4.49. The van der Waals surface area contributed by atoms with Gasteiger partial charge >= 0.3 is 13.3 Å². The van der Waals surface area contributed by atoms with Crippen LogP contribution in [0.15, 0.2) is 0 Å². The minimum Gasteiger partial charge on any atom is -0.466 e. The van der Waals surface area contributed by atoms with Gasteiger partial charge in [-0.3, -0.25) is 0 Å². The van der Waals surface area contributed by atoms with Crippen molar-refractivity contribution in [1.29, 1.82) is 0 Å². The first kappa shape index (κ1) is 11.3. The Morgan fingerprint density at radius 1 is 1.21 bits per heavy atom. The highest BCUT2D eigenvalue weighted by Crippen LogP contribution is 2.37. The second-order valence-corrected chi connectivity index (χ2v) is 4.46. The van der Waals surface area contributed by atoms with E-state index in [1.165, 1.54) is 7.05 Å². The number of hydrogen-bond donors (Lipinski definition) is 1. The molecule has 1 rings (SSSR count). The van der Waals surface area contributed by atoms with Crippen LogP contribution in [-0.2, 0) is 9.31 Å². The summed E-state index contributed by atoms with van der Waals surface area (Å²) >= 11 is 0. The third-order valence-electron chi connectivity index (χ3n) is 2.86. The highest BCUT2D eigenvalue weighted by Gasteiger charge is 2.54. The summed E-state index contributed by atoms with van der Waals surface area (Å²) in [7, 11) is 0.599. The molecule has 0 spiro atoms. The number of nitrogens with zero attached hydrogens (tertiary/aromatic N) is 1. The molecule has 0 radical (unpaired) electrons. The number of amides is 1. The monoisotopic (exact) mass is 201 g/mol. The van der Waals surface area contributed by atoms with Crippen molar-refractivity contribution in [2.24, 2.45) is 0 Å². The van der Waals surface area contributed by atoms with Gasteiger partial charge in [-0.25, -0.2) is 4.79 Å². The van der Waals surface area contributed by atoms with Crippen LogP contribution >= 0.6 is 0 Å². The molecule has 5 nitrogen and oxygen atoms in total. The zero-order valence-electron chi connectivity index (χ0n) is 9.20. The SMILES string of the molecule is CN(B1OC(C)(C)C(C)(C)O1)C(=O)O. The fourth-order valence-corrected chi connectivity index (χ4v) is 1.06. The van der Waals surface area contributed by atoms with Crippen molar-refractivity contribution < 1.29 is 19.2 Å². The van der Waals surface area contributed by atoms with E-state index in [1.54, 1.807) is 0 Å². The maximum atomic E-state index is 10.7. The first-order chi connectivity index (χ1) is 6.17. The molecule has 1 aliphatic rings. The number of rotatable bonds is 1. The minimum absolute atomic E-state index is 0.499. The van der Waals surface area contributed by atoms with Crippen LogP contribution in [0.25, 0.3) is 0 Å². The molecule has 1 saturated heterocycles. The standard InChI is InChI=1S/C8H16BNO4/c1-7(2)8(3,4)14-9(13-7)10(5)6(11)12/h1-5H3,(H,11,12). The molecule has 0 aromatic carbocycles. The molecule has 1 amide bonds. The second kappa shape index (κ2) is 3.13. The Hall–Kier alpha value is -0.745. The van der Waals surface area contributed by atoms with Crippen molar-refractivity contribution >= 4 is 13.3 Å². The third-order valence-corrected chi connectivity index (χ3v) is 2.86. The third kappa shape index (κ3) is 1.72. The molecule has 0 saturated carbocycles. The Bertz CT molecular complexity index is 238. The minimum atomic E-state index is -1.07. The molecule has 1 fully saturated rings. The van der Waals surface area contributed by atoms with E-state index in [2.05, 4.69) is 0 Å². The zero-order chi connectivity index (χ0) is 11.1. The first-order valence-corrected chi connectivity index (χ1v) is 4.49. The van der Waals surface area contributed by atoms with Crippen molar-refractivity contribution in [2.45, 2.75) is 38.9 Å². The molecular formula is C8H16BNO4. The van der Waals surface area contributed by atoms with Crippen LogP contribution in [0.2, 0.25) is 0 Å². The summed E-state index contributed by atoms with van der Waals surface area (Å²) in [5.41, 5.74) is -0.997. The average Bonchev–Trinajstić information content (AvgIpc) is 2.20. The summed E-state index contributed by atoms with van der Waals surface area (Å²) in [6.45, 7) is 7.51. The zero-order valence-corrected chi connectivity index (χ0v) is 9.20. The molecular weight excluding hydrogens is 185 g/mol. The van der Waals surface area contributed by atoms with Crippen molar-refractivity contribution in [1.82, 2.24) is 4.81 Å². The summed E-state index contributed by atoms with van der Waals surface area (Å²) in [6.07, 6.45) is -1.07. The van der Waals surface area contributed by atoms with Gasteiger partial charge in [-0.05, 0) is 27.7 Å². The Kier molecular flexibility index (Phi) is 2.54. The molecule has 0 bridgehead atoms. The predicted molar refractivity (Wildman–Crippen MR) is 51.9 cm³/mol. The van der Waals surface area contributed by atoms with Gasteiger partial charge < -0.3 is 19.2 Å². The highest BCUT2D eigenvalue weighted by atomic mass is 16.7. The van der Waals surface area contributed by atoms with Crippen LogP contribution in [0.5, 0.6) is 0 Å². The van der Waals surface area contributed by atoms with Gasteiger partial charge in [0.25, 0.3) is 0 Å². The van der Waals surface area contributed by atoms with Gasteiger partial charge in [-0.2, -0.15) is 0 Å².